The van der Waals surface area contributed by atoms with Gasteiger partial charge in [-0.1, -0.05) is 24.4 Å². The molecule has 0 N–H and O–H groups in total. The van der Waals surface area contributed by atoms with Gasteiger partial charge in [-0.3, -0.25) is 9.69 Å². The van der Waals surface area contributed by atoms with E-state index < -0.39 is 0 Å². The summed E-state index contributed by atoms with van der Waals surface area (Å²) in [5.74, 6) is 0.803. The van der Waals surface area contributed by atoms with E-state index in [0.29, 0.717) is 5.02 Å². The molecular formula is C18H25ClN2O2. The summed E-state index contributed by atoms with van der Waals surface area (Å²) in [5, 5.41) is 0.684. The van der Waals surface area contributed by atoms with Crippen LogP contribution in [-0.2, 0) is 4.79 Å². The van der Waals surface area contributed by atoms with Crippen molar-refractivity contribution in [2.24, 2.45) is 0 Å². The molecule has 1 aromatic carbocycles. The van der Waals surface area contributed by atoms with Gasteiger partial charge in [-0.05, 0) is 43.5 Å². The number of nitrogens with zero attached hydrogens (tertiary/aromatic N) is 2. The van der Waals surface area contributed by atoms with E-state index in [1.807, 2.05) is 24.0 Å². The lowest BCUT2D eigenvalue weighted by atomic mass is 10.2. The SMILES string of the molecule is Cc1cc(Cl)ccc1OCC(=O)N1CCN(C2CCCC2)CC1. The van der Waals surface area contributed by atoms with E-state index in [-0.39, 0.29) is 12.5 Å². The maximum atomic E-state index is 12.3. The van der Waals surface area contributed by atoms with Gasteiger partial charge in [-0.15, -0.1) is 0 Å². The summed E-state index contributed by atoms with van der Waals surface area (Å²) in [6.45, 7) is 5.67. The van der Waals surface area contributed by atoms with Crippen molar-refractivity contribution in [3.63, 3.8) is 0 Å². The molecule has 1 amide bonds. The molecule has 2 aliphatic rings. The van der Waals surface area contributed by atoms with Crippen LogP contribution < -0.4 is 4.74 Å². The van der Waals surface area contributed by atoms with Crippen molar-refractivity contribution >= 4 is 17.5 Å². The lowest BCUT2D eigenvalue weighted by Gasteiger charge is -2.38. The fourth-order valence-electron chi connectivity index (χ4n) is 3.61. The zero-order valence-corrected chi connectivity index (χ0v) is 14.5. The standard InChI is InChI=1S/C18H25ClN2O2/c1-14-12-15(19)6-7-17(14)23-13-18(22)21-10-8-20(9-11-21)16-4-2-3-5-16/h6-7,12,16H,2-5,8-11,13H2,1H3. The molecule has 1 aliphatic carbocycles. The fourth-order valence-corrected chi connectivity index (χ4v) is 3.84. The van der Waals surface area contributed by atoms with Crippen LogP contribution in [0.4, 0.5) is 0 Å². The molecule has 0 atom stereocenters. The second kappa shape index (κ2) is 7.54. The molecule has 2 fully saturated rings. The first-order chi connectivity index (χ1) is 11.1. The number of aryl methyl sites for hydroxylation is 1. The highest BCUT2D eigenvalue weighted by molar-refractivity contribution is 6.30. The third kappa shape index (κ3) is 4.18. The molecular weight excluding hydrogens is 312 g/mol. The third-order valence-electron chi connectivity index (χ3n) is 5.00. The van der Waals surface area contributed by atoms with E-state index >= 15 is 0 Å². The number of carbonyl (C=O) groups excluding carboxylic acids is 1. The highest BCUT2D eigenvalue weighted by Gasteiger charge is 2.27. The zero-order chi connectivity index (χ0) is 16.2. The first-order valence-electron chi connectivity index (χ1n) is 8.54. The number of hydrogen-bond acceptors (Lipinski definition) is 3. The van der Waals surface area contributed by atoms with E-state index in [9.17, 15) is 4.79 Å². The molecule has 23 heavy (non-hydrogen) atoms. The molecule has 4 nitrogen and oxygen atoms in total. The van der Waals surface area contributed by atoms with Crippen LogP contribution >= 0.6 is 11.6 Å². The molecule has 1 saturated heterocycles. The Hall–Kier alpha value is -1.26. The quantitative estimate of drug-likeness (QED) is 0.847. The smallest absolute Gasteiger partial charge is 0.260 e. The molecule has 0 aromatic heterocycles. The number of piperazine rings is 1. The molecule has 5 heteroatoms. The number of ether oxygens (including phenoxy) is 1. The fraction of sp³-hybridized carbons (Fsp3) is 0.611. The predicted molar refractivity (Wildman–Crippen MR) is 92.1 cm³/mol. The van der Waals surface area contributed by atoms with Crippen LogP contribution in [0, 0.1) is 6.92 Å². The Morgan fingerprint density at radius 2 is 1.91 bits per heavy atom. The van der Waals surface area contributed by atoms with Crippen molar-refractivity contribution in [1.29, 1.82) is 0 Å². The average molecular weight is 337 g/mol. The van der Waals surface area contributed by atoms with Crippen molar-refractivity contribution in [3.05, 3.63) is 28.8 Å². The predicted octanol–water partition coefficient (Wildman–Crippen LogP) is 3.11. The number of rotatable bonds is 4. The Morgan fingerprint density at radius 1 is 1.22 bits per heavy atom. The highest BCUT2D eigenvalue weighted by Crippen LogP contribution is 2.24. The Bertz CT molecular complexity index is 550. The first-order valence-corrected chi connectivity index (χ1v) is 8.92. The van der Waals surface area contributed by atoms with E-state index in [2.05, 4.69) is 4.90 Å². The Kier molecular flexibility index (Phi) is 5.44. The number of amides is 1. The molecule has 1 aromatic rings. The summed E-state index contributed by atoms with van der Waals surface area (Å²) in [5.41, 5.74) is 0.955. The van der Waals surface area contributed by atoms with Gasteiger partial charge >= 0.3 is 0 Å². The van der Waals surface area contributed by atoms with E-state index in [1.165, 1.54) is 25.7 Å². The molecule has 1 aliphatic heterocycles. The van der Waals surface area contributed by atoms with Crippen LogP contribution in [0.1, 0.15) is 31.2 Å². The topological polar surface area (TPSA) is 32.8 Å². The minimum absolute atomic E-state index is 0.0745. The summed E-state index contributed by atoms with van der Waals surface area (Å²) in [7, 11) is 0. The van der Waals surface area contributed by atoms with E-state index in [4.69, 9.17) is 16.3 Å². The molecule has 0 radical (unpaired) electrons. The summed E-state index contributed by atoms with van der Waals surface area (Å²) in [6.07, 6.45) is 5.37. The third-order valence-corrected chi connectivity index (χ3v) is 5.23. The zero-order valence-electron chi connectivity index (χ0n) is 13.8. The van der Waals surface area contributed by atoms with Crippen LogP contribution in [0.5, 0.6) is 5.75 Å². The maximum Gasteiger partial charge on any atom is 0.260 e. The van der Waals surface area contributed by atoms with E-state index in [0.717, 1.165) is 43.5 Å². The Balaban J connectivity index is 1.46. The van der Waals surface area contributed by atoms with Crippen molar-refractivity contribution < 1.29 is 9.53 Å². The van der Waals surface area contributed by atoms with Gasteiger partial charge in [0, 0.05) is 37.2 Å². The van der Waals surface area contributed by atoms with Crippen molar-refractivity contribution in [2.45, 2.75) is 38.6 Å². The van der Waals surface area contributed by atoms with Gasteiger partial charge in [0.1, 0.15) is 5.75 Å². The number of carbonyl (C=O) groups is 1. The Labute approximate surface area is 143 Å². The molecule has 126 valence electrons. The summed E-state index contributed by atoms with van der Waals surface area (Å²) < 4.78 is 5.67. The molecule has 3 rings (SSSR count). The molecule has 0 spiro atoms. The van der Waals surface area contributed by atoms with Gasteiger partial charge in [-0.25, -0.2) is 0 Å². The van der Waals surface area contributed by atoms with Gasteiger partial charge < -0.3 is 9.64 Å². The second-order valence-electron chi connectivity index (χ2n) is 6.55. The number of benzene rings is 1. The van der Waals surface area contributed by atoms with E-state index in [1.54, 1.807) is 6.07 Å². The van der Waals surface area contributed by atoms with Crippen LogP contribution in [-0.4, -0.2) is 54.5 Å². The van der Waals surface area contributed by atoms with Crippen molar-refractivity contribution in [3.8, 4) is 5.75 Å². The van der Waals surface area contributed by atoms with Gasteiger partial charge in [-0.2, -0.15) is 0 Å². The lowest BCUT2D eigenvalue weighted by molar-refractivity contribution is -0.135. The minimum atomic E-state index is 0.0745. The van der Waals surface area contributed by atoms with Crippen LogP contribution in [0.25, 0.3) is 0 Å². The van der Waals surface area contributed by atoms with Crippen LogP contribution in [0.3, 0.4) is 0 Å². The molecule has 0 unspecified atom stereocenters. The summed E-state index contributed by atoms with van der Waals surface area (Å²) in [6, 6.07) is 6.21. The summed E-state index contributed by atoms with van der Waals surface area (Å²) in [4.78, 5) is 16.8. The van der Waals surface area contributed by atoms with Crippen LogP contribution in [0.15, 0.2) is 18.2 Å². The van der Waals surface area contributed by atoms with Gasteiger partial charge in [0.05, 0.1) is 0 Å². The first kappa shape index (κ1) is 16.6. The summed E-state index contributed by atoms with van der Waals surface area (Å²) >= 11 is 5.93. The molecule has 0 bridgehead atoms. The number of hydrogen-bond donors (Lipinski definition) is 0. The van der Waals surface area contributed by atoms with Crippen LogP contribution in [0.2, 0.25) is 5.02 Å². The molecule has 1 heterocycles. The van der Waals surface area contributed by atoms with Gasteiger partial charge in [0.25, 0.3) is 5.91 Å². The molecule has 1 saturated carbocycles. The number of halogens is 1. The van der Waals surface area contributed by atoms with Crippen molar-refractivity contribution in [2.75, 3.05) is 32.8 Å². The average Bonchev–Trinajstić information content (AvgIpc) is 3.08. The normalized spacial score (nSPS) is 20.0. The van der Waals surface area contributed by atoms with Crippen molar-refractivity contribution in [1.82, 2.24) is 9.80 Å². The van der Waals surface area contributed by atoms with Gasteiger partial charge in [0.2, 0.25) is 0 Å². The highest BCUT2D eigenvalue weighted by atomic mass is 35.5. The minimum Gasteiger partial charge on any atom is -0.483 e. The second-order valence-corrected chi connectivity index (χ2v) is 6.99. The maximum absolute atomic E-state index is 12.3. The largest absolute Gasteiger partial charge is 0.483 e. The lowest BCUT2D eigenvalue weighted by Crippen LogP contribution is -2.52. The Morgan fingerprint density at radius 3 is 2.57 bits per heavy atom. The van der Waals surface area contributed by atoms with Gasteiger partial charge in [0.15, 0.2) is 6.61 Å². The monoisotopic (exact) mass is 336 g/mol.